The van der Waals surface area contributed by atoms with Crippen molar-refractivity contribution in [1.82, 2.24) is 19.7 Å². The standard InChI is InChI=1S/C20H30N4O2/c1-4-17-5-7-18(8-6-17)15-24-20(21-19(22-24)9-12-25-3)16(2)23-10-13-26-14-11-23/h5-8,16H,4,9-15H2,1-3H3/t16-/m1/s1. The number of rotatable bonds is 8. The molecule has 26 heavy (non-hydrogen) atoms. The third kappa shape index (κ3) is 4.69. The highest BCUT2D eigenvalue weighted by Crippen LogP contribution is 2.21. The summed E-state index contributed by atoms with van der Waals surface area (Å²) in [6, 6.07) is 9.00. The molecular formula is C20H30N4O2. The molecule has 0 saturated carbocycles. The molecule has 1 aliphatic rings. The summed E-state index contributed by atoms with van der Waals surface area (Å²) in [5, 5.41) is 4.77. The van der Waals surface area contributed by atoms with Crippen molar-refractivity contribution in [2.45, 2.75) is 39.3 Å². The average molecular weight is 358 g/mol. The monoisotopic (exact) mass is 358 g/mol. The number of benzene rings is 1. The van der Waals surface area contributed by atoms with Gasteiger partial charge in [-0.15, -0.1) is 0 Å². The van der Waals surface area contributed by atoms with Gasteiger partial charge in [0, 0.05) is 26.6 Å². The molecule has 6 nitrogen and oxygen atoms in total. The van der Waals surface area contributed by atoms with Crippen LogP contribution in [0, 0.1) is 0 Å². The SMILES string of the molecule is CCc1ccc(Cn2nc(CCOC)nc2[C@@H](C)N2CCOCC2)cc1. The van der Waals surface area contributed by atoms with Crippen LogP contribution in [0.15, 0.2) is 24.3 Å². The fourth-order valence-corrected chi connectivity index (χ4v) is 3.31. The van der Waals surface area contributed by atoms with Crippen LogP contribution in [-0.4, -0.2) is 59.7 Å². The van der Waals surface area contributed by atoms with Crippen molar-refractivity contribution >= 4 is 0 Å². The number of aryl methyl sites for hydroxylation is 1. The minimum atomic E-state index is 0.220. The molecule has 2 heterocycles. The minimum absolute atomic E-state index is 0.220. The lowest BCUT2D eigenvalue weighted by Gasteiger charge is -2.31. The molecule has 1 fully saturated rings. The quantitative estimate of drug-likeness (QED) is 0.726. The van der Waals surface area contributed by atoms with E-state index >= 15 is 0 Å². The van der Waals surface area contributed by atoms with Gasteiger partial charge in [0.2, 0.25) is 0 Å². The van der Waals surface area contributed by atoms with Crippen LogP contribution in [0.4, 0.5) is 0 Å². The Hall–Kier alpha value is -1.76. The van der Waals surface area contributed by atoms with Gasteiger partial charge in [-0.25, -0.2) is 9.67 Å². The van der Waals surface area contributed by atoms with Crippen molar-refractivity contribution in [2.75, 3.05) is 40.0 Å². The third-order valence-corrected chi connectivity index (χ3v) is 5.00. The van der Waals surface area contributed by atoms with Gasteiger partial charge in [-0.3, -0.25) is 4.90 Å². The van der Waals surface area contributed by atoms with Gasteiger partial charge in [-0.2, -0.15) is 5.10 Å². The molecule has 0 amide bonds. The molecule has 2 aromatic rings. The zero-order valence-electron chi connectivity index (χ0n) is 16.1. The lowest BCUT2D eigenvalue weighted by atomic mass is 10.1. The zero-order valence-corrected chi connectivity index (χ0v) is 16.1. The van der Waals surface area contributed by atoms with Gasteiger partial charge in [0.15, 0.2) is 5.82 Å². The van der Waals surface area contributed by atoms with Crippen molar-refractivity contribution in [3.63, 3.8) is 0 Å². The summed E-state index contributed by atoms with van der Waals surface area (Å²) in [4.78, 5) is 7.26. The smallest absolute Gasteiger partial charge is 0.153 e. The maximum Gasteiger partial charge on any atom is 0.153 e. The number of nitrogens with zero attached hydrogens (tertiary/aromatic N) is 4. The van der Waals surface area contributed by atoms with Crippen LogP contribution in [0.3, 0.4) is 0 Å². The highest BCUT2D eigenvalue weighted by atomic mass is 16.5. The number of hydrogen-bond donors (Lipinski definition) is 0. The molecule has 6 heteroatoms. The van der Waals surface area contributed by atoms with E-state index in [9.17, 15) is 0 Å². The molecule has 1 saturated heterocycles. The summed E-state index contributed by atoms with van der Waals surface area (Å²) < 4.78 is 12.8. The Kier molecular flexibility index (Phi) is 6.77. The molecule has 0 radical (unpaired) electrons. The second kappa shape index (κ2) is 9.26. The van der Waals surface area contributed by atoms with Gasteiger partial charge in [-0.1, -0.05) is 31.2 Å². The van der Waals surface area contributed by atoms with Crippen LogP contribution in [0.25, 0.3) is 0 Å². The number of ether oxygens (including phenoxy) is 2. The van der Waals surface area contributed by atoms with E-state index in [1.165, 1.54) is 11.1 Å². The van der Waals surface area contributed by atoms with E-state index < -0.39 is 0 Å². The average Bonchev–Trinajstić information content (AvgIpc) is 3.09. The highest BCUT2D eigenvalue weighted by Gasteiger charge is 2.24. The molecule has 3 rings (SSSR count). The lowest BCUT2D eigenvalue weighted by Crippen LogP contribution is -2.39. The van der Waals surface area contributed by atoms with Crippen LogP contribution in [0.5, 0.6) is 0 Å². The molecular weight excluding hydrogens is 328 g/mol. The summed E-state index contributed by atoms with van der Waals surface area (Å²) in [6.07, 6.45) is 1.80. The molecule has 0 N–H and O–H groups in total. The Bertz CT molecular complexity index is 678. The second-order valence-corrected chi connectivity index (χ2v) is 6.78. The number of hydrogen-bond acceptors (Lipinski definition) is 5. The van der Waals surface area contributed by atoms with Crippen molar-refractivity contribution in [3.8, 4) is 0 Å². The molecule has 1 aromatic heterocycles. The molecule has 142 valence electrons. The van der Waals surface area contributed by atoms with Crippen LogP contribution >= 0.6 is 0 Å². The maximum absolute atomic E-state index is 5.49. The predicted molar refractivity (Wildman–Crippen MR) is 101 cm³/mol. The van der Waals surface area contributed by atoms with Crippen LogP contribution in [0.1, 0.15) is 42.7 Å². The highest BCUT2D eigenvalue weighted by molar-refractivity contribution is 5.23. The molecule has 0 aliphatic carbocycles. The fourth-order valence-electron chi connectivity index (χ4n) is 3.31. The van der Waals surface area contributed by atoms with E-state index in [-0.39, 0.29) is 6.04 Å². The number of morpholine rings is 1. The molecule has 0 spiro atoms. The van der Waals surface area contributed by atoms with E-state index in [1.807, 2.05) is 0 Å². The summed E-state index contributed by atoms with van der Waals surface area (Å²) in [5.41, 5.74) is 2.61. The van der Waals surface area contributed by atoms with Gasteiger partial charge in [0.1, 0.15) is 5.82 Å². The first-order chi connectivity index (χ1) is 12.7. The van der Waals surface area contributed by atoms with Crippen LogP contribution < -0.4 is 0 Å². The Morgan fingerprint density at radius 3 is 2.50 bits per heavy atom. The number of aromatic nitrogens is 3. The first-order valence-corrected chi connectivity index (χ1v) is 9.53. The van der Waals surface area contributed by atoms with Crippen LogP contribution in [0.2, 0.25) is 0 Å². The van der Waals surface area contributed by atoms with Gasteiger partial charge >= 0.3 is 0 Å². The third-order valence-electron chi connectivity index (χ3n) is 5.00. The fraction of sp³-hybridized carbons (Fsp3) is 0.600. The maximum atomic E-state index is 5.49. The molecule has 1 atom stereocenters. The summed E-state index contributed by atoms with van der Waals surface area (Å²) >= 11 is 0. The van der Waals surface area contributed by atoms with Gasteiger partial charge in [-0.05, 0) is 24.5 Å². The minimum Gasteiger partial charge on any atom is -0.384 e. The van der Waals surface area contributed by atoms with E-state index in [4.69, 9.17) is 19.6 Å². The normalized spacial score (nSPS) is 16.7. The molecule has 1 aromatic carbocycles. The van der Waals surface area contributed by atoms with Crippen molar-refractivity contribution < 1.29 is 9.47 Å². The number of methoxy groups -OCH3 is 1. The van der Waals surface area contributed by atoms with E-state index in [2.05, 4.69) is 47.7 Å². The summed E-state index contributed by atoms with van der Waals surface area (Å²) in [7, 11) is 1.71. The van der Waals surface area contributed by atoms with Gasteiger partial charge in [0.05, 0.1) is 32.4 Å². The molecule has 0 bridgehead atoms. The van der Waals surface area contributed by atoms with E-state index in [1.54, 1.807) is 7.11 Å². The largest absolute Gasteiger partial charge is 0.384 e. The second-order valence-electron chi connectivity index (χ2n) is 6.78. The summed E-state index contributed by atoms with van der Waals surface area (Å²) in [5.74, 6) is 1.88. The van der Waals surface area contributed by atoms with Crippen molar-refractivity contribution in [3.05, 3.63) is 47.0 Å². The first kappa shape index (κ1) is 19.0. The zero-order chi connectivity index (χ0) is 18.4. The Labute approximate surface area is 156 Å². The summed E-state index contributed by atoms with van der Waals surface area (Å²) in [6.45, 7) is 9.22. The van der Waals surface area contributed by atoms with Crippen LogP contribution in [-0.2, 0) is 28.9 Å². The van der Waals surface area contributed by atoms with Crippen molar-refractivity contribution in [2.24, 2.45) is 0 Å². The molecule has 0 unspecified atom stereocenters. The van der Waals surface area contributed by atoms with E-state index in [0.29, 0.717) is 6.61 Å². The Morgan fingerprint density at radius 2 is 1.85 bits per heavy atom. The molecule has 1 aliphatic heterocycles. The van der Waals surface area contributed by atoms with Gasteiger partial charge < -0.3 is 9.47 Å². The Balaban J connectivity index is 1.81. The Morgan fingerprint density at radius 1 is 1.15 bits per heavy atom. The van der Waals surface area contributed by atoms with Gasteiger partial charge in [0.25, 0.3) is 0 Å². The topological polar surface area (TPSA) is 52.4 Å². The lowest BCUT2D eigenvalue weighted by molar-refractivity contribution is 0.0174. The first-order valence-electron chi connectivity index (χ1n) is 9.53. The van der Waals surface area contributed by atoms with E-state index in [0.717, 1.165) is 57.3 Å². The van der Waals surface area contributed by atoms with Crippen molar-refractivity contribution in [1.29, 1.82) is 0 Å². The predicted octanol–water partition coefficient (Wildman–Crippen LogP) is 2.47.